The molecular weight excluding hydrogens is 282 g/mol. The van der Waals surface area contributed by atoms with Crippen molar-refractivity contribution in [3.63, 3.8) is 0 Å². The van der Waals surface area contributed by atoms with Crippen LogP contribution >= 0.6 is 0 Å². The van der Waals surface area contributed by atoms with Crippen LogP contribution in [0.4, 0.5) is 0 Å². The number of aromatic nitrogens is 3. The summed E-state index contributed by atoms with van der Waals surface area (Å²) in [5.41, 5.74) is 4.89. The Morgan fingerprint density at radius 2 is 1.48 bits per heavy atom. The van der Waals surface area contributed by atoms with Crippen molar-refractivity contribution in [1.82, 2.24) is 15.2 Å². The smallest absolute Gasteiger partial charge is 0.181 e. The van der Waals surface area contributed by atoms with E-state index in [2.05, 4.69) is 91.4 Å². The van der Waals surface area contributed by atoms with Crippen LogP contribution in [0.15, 0.2) is 48.5 Å². The third kappa shape index (κ3) is 3.34. The molecule has 1 heterocycles. The Bertz CT molecular complexity index is 775. The van der Waals surface area contributed by atoms with E-state index in [0.29, 0.717) is 0 Å². The van der Waals surface area contributed by atoms with Gasteiger partial charge in [-0.05, 0) is 23.0 Å². The van der Waals surface area contributed by atoms with Crippen LogP contribution in [0, 0.1) is 0 Å². The Hall–Kier alpha value is -2.42. The molecular formula is C20H23N3. The van der Waals surface area contributed by atoms with E-state index in [9.17, 15) is 0 Å². The molecule has 118 valence electrons. The summed E-state index contributed by atoms with van der Waals surface area (Å²) in [6.07, 6.45) is 1.04. The Morgan fingerprint density at radius 1 is 0.870 bits per heavy atom. The van der Waals surface area contributed by atoms with Gasteiger partial charge in [-0.2, -0.15) is 5.10 Å². The van der Waals surface area contributed by atoms with E-state index in [1.165, 1.54) is 11.1 Å². The van der Waals surface area contributed by atoms with Crippen molar-refractivity contribution in [1.29, 1.82) is 0 Å². The van der Waals surface area contributed by atoms with E-state index in [-0.39, 0.29) is 5.41 Å². The van der Waals surface area contributed by atoms with Crippen molar-refractivity contribution in [2.45, 2.75) is 39.5 Å². The first-order chi connectivity index (χ1) is 11.0. The van der Waals surface area contributed by atoms with Gasteiger partial charge in [-0.25, -0.2) is 4.98 Å². The lowest BCUT2D eigenvalue weighted by Crippen LogP contribution is -2.10. The predicted octanol–water partition coefficient (Wildman–Crippen LogP) is 5.00. The molecule has 0 atom stereocenters. The zero-order chi connectivity index (χ0) is 16.4. The minimum Gasteiger partial charge on any atom is -0.259 e. The van der Waals surface area contributed by atoms with Gasteiger partial charge in [-0.1, -0.05) is 76.2 Å². The molecule has 1 aromatic heterocycles. The molecule has 3 rings (SSSR count). The highest BCUT2D eigenvalue weighted by Crippen LogP contribution is 2.25. The van der Waals surface area contributed by atoms with E-state index in [1.54, 1.807) is 0 Å². The largest absolute Gasteiger partial charge is 0.259 e. The molecule has 0 aliphatic carbocycles. The number of nitrogens with zero attached hydrogens (tertiary/aromatic N) is 2. The van der Waals surface area contributed by atoms with Crippen molar-refractivity contribution >= 4 is 0 Å². The van der Waals surface area contributed by atoms with Crippen LogP contribution in [0.25, 0.3) is 22.8 Å². The molecule has 0 amide bonds. The number of hydrogen-bond acceptors (Lipinski definition) is 2. The summed E-state index contributed by atoms with van der Waals surface area (Å²) in [5, 5.41) is 7.40. The molecule has 1 N–H and O–H groups in total. The fourth-order valence-corrected chi connectivity index (χ4v) is 2.54. The lowest BCUT2D eigenvalue weighted by atomic mass is 9.87. The van der Waals surface area contributed by atoms with Crippen LogP contribution in [0.3, 0.4) is 0 Å². The second-order valence-corrected chi connectivity index (χ2v) is 6.89. The van der Waals surface area contributed by atoms with E-state index < -0.39 is 0 Å². The average Bonchev–Trinajstić information content (AvgIpc) is 3.04. The van der Waals surface area contributed by atoms with E-state index >= 15 is 0 Å². The summed E-state index contributed by atoms with van der Waals surface area (Å²) in [6, 6.07) is 16.9. The maximum atomic E-state index is 4.63. The number of H-pyrrole nitrogens is 1. The lowest BCUT2D eigenvalue weighted by Gasteiger charge is -2.18. The van der Waals surface area contributed by atoms with E-state index in [0.717, 1.165) is 29.2 Å². The molecule has 3 heteroatoms. The SMILES string of the molecule is CCc1ccc(-c2nc(-c3ccc(C(C)(C)C)cc3)n[nH]2)cc1. The predicted molar refractivity (Wildman–Crippen MR) is 95.3 cm³/mol. The third-order valence-electron chi connectivity index (χ3n) is 4.13. The number of benzene rings is 2. The van der Waals surface area contributed by atoms with Crippen molar-refractivity contribution in [3.05, 3.63) is 59.7 Å². The second-order valence-electron chi connectivity index (χ2n) is 6.89. The zero-order valence-corrected chi connectivity index (χ0v) is 14.2. The van der Waals surface area contributed by atoms with Gasteiger partial charge in [0.1, 0.15) is 0 Å². The fraction of sp³-hybridized carbons (Fsp3) is 0.300. The maximum Gasteiger partial charge on any atom is 0.181 e. The third-order valence-corrected chi connectivity index (χ3v) is 4.13. The van der Waals surface area contributed by atoms with Crippen molar-refractivity contribution in [2.75, 3.05) is 0 Å². The Balaban J connectivity index is 1.86. The molecule has 0 bridgehead atoms. The minimum atomic E-state index is 0.156. The first kappa shape index (κ1) is 15.5. The summed E-state index contributed by atoms with van der Waals surface area (Å²) in [7, 11) is 0. The molecule has 0 radical (unpaired) electrons. The molecule has 3 nitrogen and oxygen atoms in total. The molecule has 0 spiro atoms. The molecule has 0 aliphatic heterocycles. The monoisotopic (exact) mass is 305 g/mol. The van der Waals surface area contributed by atoms with Crippen LogP contribution in [0.5, 0.6) is 0 Å². The van der Waals surface area contributed by atoms with Crippen LogP contribution in [0.2, 0.25) is 0 Å². The Kier molecular flexibility index (Phi) is 4.03. The van der Waals surface area contributed by atoms with Gasteiger partial charge in [0.25, 0.3) is 0 Å². The van der Waals surface area contributed by atoms with Gasteiger partial charge >= 0.3 is 0 Å². The Morgan fingerprint density at radius 3 is 2.04 bits per heavy atom. The van der Waals surface area contributed by atoms with Gasteiger partial charge in [0.15, 0.2) is 11.6 Å². The molecule has 0 aliphatic rings. The van der Waals surface area contributed by atoms with Crippen molar-refractivity contribution in [3.8, 4) is 22.8 Å². The van der Waals surface area contributed by atoms with Crippen LogP contribution in [-0.4, -0.2) is 15.2 Å². The summed E-state index contributed by atoms with van der Waals surface area (Å²) < 4.78 is 0. The number of nitrogens with one attached hydrogen (secondary N) is 1. The molecule has 23 heavy (non-hydrogen) atoms. The summed E-state index contributed by atoms with van der Waals surface area (Å²) in [5.74, 6) is 1.54. The summed E-state index contributed by atoms with van der Waals surface area (Å²) >= 11 is 0. The Labute approximate surface area is 137 Å². The normalized spacial score (nSPS) is 11.7. The fourth-order valence-electron chi connectivity index (χ4n) is 2.54. The highest BCUT2D eigenvalue weighted by Gasteiger charge is 2.14. The second kappa shape index (κ2) is 5.99. The van der Waals surface area contributed by atoms with Crippen molar-refractivity contribution in [2.24, 2.45) is 0 Å². The highest BCUT2D eigenvalue weighted by atomic mass is 15.2. The number of aryl methyl sites for hydroxylation is 1. The lowest BCUT2D eigenvalue weighted by molar-refractivity contribution is 0.590. The van der Waals surface area contributed by atoms with Crippen LogP contribution in [0.1, 0.15) is 38.8 Å². The first-order valence-corrected chi connectivity index (χ1v) is 8.10. The molecule has 0 fully saturated rings. The van der Waals surface area contributed by atoms with Crippen LogP contribution in [-0.2, 0) is 11.8 Å². The zero-order valence-electron chi connectivity index (χ0n) is 14.2. The molecule has 2 aromatic carbocycles. The standard InChI is InChI=1S/C20H23N3/c1-5-14-6-8-15(9-7-14)18-21-19(23-22-18)16-10-12-17(13-11-16)20(2,3)4/h6-13H,5H2,1-4H3,(H,21,22,23). The molecule has 3 aromatic rings. The van der Waals surface area contributed by atoms with Crippen molar-refractivity contribution < 1.29 is 0 Å². The number of rotatable bonds is 3. The van der Waals surface area contributed by atoms with Gasteiger partial charge in [0.2, 0.25) is 0 Å². The minimum absolute atomic E-state index is 0.156. The van der Waals surface area contributed by atoms with E-state index in [4.69, 9.17) is 0 Å². The summed E-state index contributed by atoms with van der Waals surface area (Å²) in [6.45, 7) is 8.80. The maximum absolute atomic E-state index is 4.63. The average molecular weight is 305 g/mol. The van der Waals surface area contributed by atoms with Gasteiger partial charge in [-0.3, -0.25) is 5.10 Å². The van der Waals surface area contributed by atoms with E-state index in [1.807, 2.05) is 0 Å². The molecule has 0 saturated heterocycles. The quantitative estimate of drug-likeness (QED) is 0.740. The number of aromatic amines is 1. The first-order valence-electron chi connectivity index (χ1n) is 8.10. The summed E-state index contributed by atoms with van der Waals surface area (Å²) in [4.78, 5) is 4.63. The highest BCUT2D eigenvalue weighted by molar-refractivity contribution is 5.61. The van der Waals surface area contributed by atoms with Gasteiger partial charge in [0.05, 0.1) is 0 Å². The van der Waals surface area contributed by atoms with Crippen LogP contribution < -0.4 is 0 Å². The van der Waals surface area contributed by atoms with Gasteiger partial charge < -0.3 is 0 Å². The van der Waals surface area contributed by atoms with Gasteiger partial charge in [0, 0.05) is 11.1 Å². The molecule has 0 unspecified atom stereocenters. The van der Waals surface area contributed by atoms with Gasteiger partial charge in [-0.15, -0.1) is 0 Å². The molecule has 0 saturated carbocycles. The topological polar surface area (TPSA) is 41.6 Å². The number of hydrogen-bond donors (Lipinski definition) is 1.